The Hall–Kier alpha value is -0.380. The van der Waals surface area contributed by atoms with Gasteiger partial charge in [-0.25, -0.2) is 0 Å². The first-order chi connectivity index (χ1) is 4.84. The first-order valence-corrected chi connectivity index (χ1v) is 6.17. The average Bonchev–Trinajstić information content (AvgIpc) is 2.05. The summed E-state index contributed by atoms with van der Waals surface area (Å²) < 4.78 is 0.319. The van der Waals surface area contributed by atoms with E-state index in [9.17, 15) is 4.79 Å². The maximum atomic E-state index is 11.1. The first-order valence-electron chi connectivity index (χ1n) is 2.93. The van der Waals surface area contributed by atoms with Crippen LogP contribution in [0.5, 0.6) is 0 Å². The Labute approximate surface area is 70.7 Å². The Kier molecular flexibility index (Phi) is 2.86. The third-order valence-electron chi connectivity index (χ3n) is 1.17. The van der Waals surface area contributed by atoms with Crippen molar-refractivity contribution in [2.24, 2.45) is 0 Å². The van der Waals surface area contributed by atoms with Crippen molar-refractivity contribution >= 4 is 3.79 Å². The van der Waals surface area contributed by atoms with E-state index < -0.39 is 0 Å². The molecule has 0 heterocycles. The van der Waals surface area contributed by atoms with E-state index in [4.69, 9.17) is 0 Å². The molecule has 0 spiro atoms. The molecule has 0 saturated heterocycles. The molecule has 0 atom stereocenters. The molecule has 0 aliphatic rings. The standard InChI is InChI=1S/C8H8IO/c1-9-8(10)7-5-3-2-4-6-7/h2-6H,1H3/q-1. The van der Waals surface area contributed by atoms with Crippen molar-refractivity contribution in [3.63, 3.8) is 0 Å². The number of alkyl halides is 1. The number of hydrogen-bond acceptors (Lipinski definition) is 1. The van der Waals surface area contributed by atoms with Crippen LogP contribution in [0.4, 0.5) is 0 Å². The van der Waals surface area contributed by atoms with Crippen molar-refractivity contribution in [1.29, 1.82) is 0 Å². The number of carbonyl (C=O) groups excluding carboxylic acids is 1. The van der Waals surface area contributed by atoms with Crippen LogP contribution in [0.25, 0.3) is 0 Å². The van der Waals surface area contributed by atoms with Gasteiger partial charge in [0.05, 0.1) is 0 Å². The fourth-order valence-electron chi connectivity index (χ4n) is 0.678. The van der Waals surface area contributed by atoms with Gasteiger partial charge < -0.3 is 0 Å². The van der Waals surface area contributed by atoms with Crippen LogP contribution in [-0.4, -0.2) is 8.72 Å². The van der Waals surface area contributed by atoms with Crippen LogP contribution in [0.1, 0.15) is 10.4 Å². The van der Waals surface area contributed by atoms with E-state index in [1.165, 1.54) is 0 Å². The van der Waals surface area contributed by atoms with Crippen molar-refractivity contribution in [2.45, 2.75) is 0 Å². The Morgan fingerprint density at radius 3 is 2.40 bits per heavy atom. The Morgan fingerprint density at radius 2 is 1.90 bits per heavy atom. The maximum absolute atomic E-state index is 11.1. The van der Waals surface area contributed by atoms with Gasteiger partial charge in [0.1, 0.15) is 0 Å². The normalized spacial score (nSPS) is 9.70. The molecule has 0 N–H and O–H groups in total. The molecule has 1 aromatic rings. The molecule has 54 valence electrons. The van der Waals surface area contributed by atoms with Crippen LogP contribution in [0.15, 0.2) is 30.3 Å². The molecule has 0 amide bonds. The van der Waals surface area contributed by atoms with Crippen molar-refractivity contribution in [3.8, 4) is 0 Å². The second-order valence-electron chi connectivity index (χ2n) is 1.83. The third kappa shape index (κ3) is 1.80. The zero-order valence-corrected chi connectivity index (χ0v) is 7.83. The molecule has 0 bridgehead atoms. The number of halogens is 1. The topological polar surface area (TPSA) is 17.1 Å². The fourth-order valence-corrected chi connectivity index (χ4v) is 1.66. The van der Waals surface area contributed by atoms with Gasteiger partial charge in [-0.3, -0.25) is 0 Å². The van der Waals surface area contributed by atoms with Crippen LogP contribution in [0, 0.1) is 0 Å². The quantitative estimate of drug-likeness (QED) is 0.355. The zero-order valence-electron chi connectivity index (χ0n) is 5.67. The van der Waals surface area contributed by atoms with Crippen LogP contribution >= 0.6 is 0 Å². The number of hydrogen-bond donors (Lipinski definition) is 0. The molecule has 0 aliphatic carbocycles. The molecule has 1 rings (SSSR count). The van der Waals surface area contributed by atoms with Crippen molar-refractivity contribution in [3.05, 3.63) is 35.9 Å². The Balaban J connectivity index is 2.85. The van der Waals surface area contributed by atoms with Crippen molar-refractivity contribution in [2.75, 3.05) is 4.93 Å². The molecule has 0 aliphatic heterocycles. The van der Waals surface area contributed by atoms with E-state index in [-0.39, 0.29) is 21.2 Å². The number of benzene rings is 1. The molecule has 0 radical (unpaired) electrons. The SMILES string of the molecule is C[I-]C(=O)c1ccccc1. The van der Waals surface area contributed by atoms with Gasteiger partial charge >= 0.3 is 70.6 Å². The minimum absolute atomic E-state index is 0.273. The molecule has 0 aromatic heterocycles. The van der Waals surface area contributed by atoms with Gasteiger partial charge in [0.2, 0.25) is 0 Å². The molecule has 2 heteroatoms. The van der Waals surface area contributed by atoms with E-state index in [1.54, 1.807) is 0 Å². The summed E-state index contributed by atoms with van der Waals surface area (Å²) in [6, 6.07) is 9.45. The predicted molar refractivity (Wildman–Crippen MR) is 36.7 cm³/mol. The minimum atomic E-state index is -0.273. The van der Waals surface area contributed by atoms with E-state index in [0.29, 0.717) is 3.79 Å². The summed E-state index contributed by atoms with van der Waals surface area (Å²) >= 11 is -0.273. The summed E-state index contributed by atoms with van der Waals surface area (Å²) in [6.45, 7) is 0. The predicted octanol–water partition coefficient (Wildman–Crippen LogP) is -1.45. The van der Waals surface area contributed by atoms with Gasteiger partial charge in [-0.05, 0) is 0 Å². The average molecular weight is 247 g/mol. The van der Waals surface area contributed by atoms with E-state index in [2.05, 4.69) is 0 Å². The van der Waals surface area contributed by atoms with Gasteiger partial charge in [-0.2, -0.15) is 0 Å². The van der Waals surface area contributed by atoms with Crippen LogP contribution < -0.4 is 21.2 Å². The Morgan fingerprint density at radius 1 is 1.30 bits per heavy atom. The van der Waals surface area contributed by atoms with Gasteiger partial charge in [0.25, 0.3) is 0 Å². The molecule has 0 fully saturated rings. The summed E-state index contributed by atoms with van der Waals surface area (Å²) in [4.78, 5) is 13.0. The molecule has 0 saturated carbocycles. The van der Waals surface area contributed by atoms with E-state index >= 15 is 0 Å². The van der Waals surface area contributed by atoms with Crippen LogP contribution in [0.2, 0.25) is 0 Å². The van der Waals surface area contributed by atoms with Gasteiger partial charge in [-0.1, -0.05) is 0 Å². The van der Waals surface area contributed by atoms with Gasteiger partial charge in [0.15, 0.2) is 0 Å². The number of rotatable bonds is 2. The third-order valence-corrected chi connectivity index (χ3v) is 2.77. The fraction of sp³-hybridized carbons (Fsp3) is 0.125. The van der Waals surface area contributed by atoms with Crippen LogP contribution in [0.3, 0.4) is 0 Å². The summed E-state index contributed by atoms with van der Waals surface area (Å²) in [5.74, 6) is 0. The molecular formula is C8H8IO-. The first kappa shape index (κ1) is 7.72. The second-order valence-corrected chi connectivity index (χ2v) is 3.89. The molecular weight excluding hydrogens is 239 g/mol. The zero-order chi connectivity index (χ0) is 7.40. The van der Waals surface area contributed by atoms with Crippen molar-refractivity contribution in [1.82, 2.24) is 0 Å². The van der Waals surface area contributed by atoms with Gasteiger partial charge in [0, 0.05) is 0 Å². The second kappa shape index (κ2) is 3.71. The van der Waals surface area contributed by atoms with Crippen LogP contribution in [-0.2, 0) is 0 Å². The summed E-state index contributed by atoms with van der Waals surface area (Å²) in [5.41, 5.74) is 0.859. The van der Waals surface area contributed by atoms with Crippen molar-refractivity contribution < 1.29 is 26.0 Å². The van der Waals surface area contributed by atoms with Gasteiger partial charge in [-0.15, -0.1) is 0 Å². The summed E-state index contributed by atoms with van der Waals surface area (Å²) in [7, 11) is 0. The molecule has 0 unspecified atom stereocenters. The summed E-state index contributed by atoms with van der Waals surface area (Å²) in [5, 5.41) is 0. The number of carbonyl (C=O) groups is 1. The summed E-state index contributed by atoms with van der Waals surface area (Å²) in [6.07, 6.45) is 0. The molecule has 1 nitrogen and oxygen atoms in total. The molecule has 10 heavy (non-hydrogen) atoms. The molecule has 1 aromatic carbocycles. The van der Waals surface area contributed by atoms with E-state index in [1.807, 2.05) is 35.3 Å². The van der Waals surface area contributed by atoms with E-state index in [0.717, 1.165) is 5.56 Å². The monoisotopic (exact) mass is 247 g/mol. The Bertz CT molecular complexity index is 218.